The first-order valence-electron chi connectivity index (χ1n) is 9.04. The summed E-state index contributed by atoms with van der Waals surface area (Å²) in [5.41, 5.74) is -0.406. The lowest BCUT2D eigenvalue weighted by atomic mass is 9.86. The molecule has 0 N–H and O–H groups in total. The lowest BCUT2D eigenvalue weighted by Gasteiger charge is -2.34. The highest BCUT2D eigenvalue weighted by Crippen LogP contribution is 2.36. The Morgan fingerprint density at radius 3 is 2.09 bits per heavy atom. The van der Waals surface area contributed by atoms with Crippen molar-refractivity contribution in [1.82, 2.24) is 9.80 Å². The van der Waals surface area contributed by atoms with Crippen molar-refractivity contribution in [3.05, 3.63) is 0 Å². The highest BCUT2D eigenvalue weighted by Gasteiger charge is 2.44. The molecule has 1 amide bonds. The average molecular weight is 318 g/mol. The van der Waals surface area contributed by atoms with Crippen molar-refractivity contribution >= 4 is 6.09 Å². The van der Waals surface area contributed by atoms with Crippen LogP contribution < -0.4 is 0 Å². The summed E-state index contributed by atoms with van der Waals surface area (Å²) in [6.07, 6.45) is 10.2. The zero-order valence-electron chi connectivity index (χ0n) is 14.8. The zero-order valence-corrected chi connectivity index (χ0v) is 14.8. The third kappa shape index (κ3) is 3.83. The molecule has 4 heteroatoms. The highest BCUT2D eigenvalue weighted by molar-refractivity contribution is 5.68. The van der Waals surface area contributed by atoms with Crippen LogP contribution in [0, 0.1) is 30.1 Å². The van der Waals surface area contributed by atoms with Crippen molar-refractivity contribution < 1.29 is 9.53 Å². The Labute approximate surface area is 140 Å². The van der Waals surface area contributed by atoms with Gasteiger partial charge < -0.3 is 9.64 Å². The van der Waals surface area contributed by atoms with Crippen molar-refractivity contribution in [1.29, 1.82) is 0 Å². The number of carbonyl (C=O) groups excluding carboxylic acids is 1. The third-order valence-electron chi connectivity index (χ3n) is 5.61. The summed E-state index contributed by atoms with van der Waals surface area (Å²) in [5, 5.41) is 0. The van der Waals surface area contributed by atoms with Gasteiger partial charge in [-0.1, -0.05) is 0 Å². The van der Waals surface area contributed by atoms with E-state index >= 15 is 0 Å². The molecular weight excluding hydrogens is 288 g/mol. The van der Waals surface area contributed by atoms with E-state index in [-0.39, 0.29) is 6.09 Å². The van der Waals surface area contributed by atoms with E-state index in [9.17, 15) is 4.79 Å². The number of ether oxygens (including phenoxy) is 1. The van der Waals surface area contributed by atoms with Crippen molar-refractivity contribution in [3.63, 3.8) is 0 Å². The summed E-state index contributed by atoms with van der Waals surface area (Å²) < 4.78 is 5.51. The number of terminal acetylenes is 1. The van der Waals surface area contributed by atoms with Crippen molar-refractivity contribution in [2.75, 3.05) is 26.2 Å². The van der Waals surface area contributed by atoms with E-state index < -0.39 is 5.60 Å². The van der Waals surface area contributed by atoms with Gasteiger partial charge in [-0.25, -0.2) is 4.79 Å². The molecule has 3 rings (SSSR count). The first-order valence-corrected chi connectivity index (χ1v) is 9.04. The van der Waals surface area contributed by atoms with Crippen LogP contribution >= 0.6 is 0 Å². The molecule has 0 aromatic heterocycles. The summed E-state index contributed by atoms with van der Waals surface area (Å²) in [5.74, 6) is 4.65. The molecule has 0 spiro atoms. The molecule has 23 heavy (non-hydrogen) atoms. The van der Waals surface area contributed by atoms with E-state index in [4.69, 9.17) is 11.2 Å². The SMILES string of the molecule is C#CC1CCC(N2CC3CN(C(=O)OC(C)(C)C)CC3C2)CC1. The molecule has 0 aromatic carbocycles. The van der Waals surface area contributed by atoms with E-state index in [0.717, 1.165) is 26.2 Å². The molecular formula is C19H30N2O2. The van der Waals surface area contributed by atoms with Gasteiger partial charge in [-0.2, -0.15) is 0 Å². The van der Waals surface area contributed by atoms with Gasteiger partial charge in [-0.05, 0) is 58.3 Å². The minimum absolute atomic E-state index is 0.145. The van der Waals surface area contributed by atoms with Gasteiger partial charge in [0.25, 0.3) is 0 Å². The molecule has 3 fully saturated rings. The van der Waals surface area contributed by atoms with Gasteiger partial charge in [0.1, 0.15) is 5.60 Å². The average Bonchev–Trinajstić information content (AvgIpc) is 3.04. The summed E-state index contributed by atoms with van der Waals surface area (Å²) >= 11 is 0. The van der Waals surface area contributed by atoms with E-state index in [1.54, 1.807) is 0 Å². The number of fused-ring (bicyclic) bond motifs is 1. The maximum atomic E-state index is 12.2. The Morgan fingerprint density at radius 1 is 1.04 bits per heavy atom. The number of hydrogen-bond acceptors (Lipinski definition) is 3. The monoisotopic (exact) mass is 318 g/mol. The first kappa shape index (κ1) is 16.6. The second kappa shape index (κ2) is 6.36. The fourth-order valence-corrected chi connectivity index (χ4v) is 4.41. The largest absolute Gasteiger partial charge is 0.444 e. The molecule has 0 bridgehead atoms. The quantitative estimate of drug-likeness (QED) is 0.697. The van der Waals surface area contributed by atoms with Crippen LogP contribution in [-0.2, 0) is 4.74 Å². The second-order valence-electron chi connectivity index (χ2n) is 8.53. The normalized spacial score (nSPS) is 35.0. The van der Waals surface area contributed by atoms with Crippen LogP contribution in [0.4, 0.5) is 4.79 Å². The first-order chi connectivity index (χ1) is 10.9. The van der Waals surface area contributed by atoms with Crippen LogP contribution in [0.25, 0.3) is 0 Å². The second-order valence-corrected chi connectivity index (χ2v) is 8.53. The molecule has 0 radical (unpaired) electrons. The van der Waals surface area contributed by atoms with E-state index in [2.05, 4.69) is 10.8 Å². The predicted molar refractivity (Wildman–Crippen MR) is 90.9 cm³/mol. The molecule has 1 saturated carbocycles. The van der Waals surface area contributed by atoms with Crippen LogP contribution in [0.3, 0.4) is 0 Å². The van der Waals surface area contributed by atoms with Crippen molar-refractivity contribution in [2.24, 2.45) is 17.8 Å². The Hall–Kier alpha value is -1.21. The fraction of sp³-hybridized carbons (Fsp3) is 0.842. The number of amides is 1. The van der Waals surface area contributed by atoms with Crippen LogP contribution in [0.1, 0.15) is 46.5 Å². The lowest BCUT2D eigenvalue weighted by molar-refractivity contribution is 0.0269. The fourth-order valence-electron chi connectivity index (χ4n) is 4.41. The summed E-state index contributed by atoms with van der Waals surface area (Å²) in [6, 6.07) is 0.708. The topological polar surface area (TPSA) is 32.8 Å². The van der Waals surface area contributed by atoms with Crippen molar-refractivity contribution in [3.8, 4) is 12.3 Å². The molecule has 2 unspecified atom stereocenters. The zero-order chi connectivity index (χ0) is 16.6. The van der Waals surface area contributed by atoms with Gasteiger partial charge in [0.05, 0.1) is 0 Å². The maximum Gasteiger partial charge on any atom is 0.410 e. The Bertz CT molecular complexity index is 469. The number of hydrogen-bond donors (Lipinski definition) is 0. The minimum atomic E-state index is -0.406. The van der Waals surface area contributed by atoms with Crippen LogP contribution in [-0.4, -0.2) is 53.7 Å². The molecule has 2 heterocycles. The third-order valence-corrected chi connectivity index (χ3v) is 5.61. The molecule has 1 aliphatic carbocycles. The van der Waals surface area contributed by atoms with Gasteiger partial charge >= 0.3 is 6.09 Å². The molecule has 3 aliphatic rings. The van der Waals surface area contributed by atoms with E-state index in [1.807, 2.05) is 25.7 Å². The van der Waals surface area contributed by atoms with E-state index in [0.29, 0.717) is 23.8 Å². The van der Waals surface area contributed by atoms with Gasteiger partial charge in [-0.3, -0.25) is 4.90 Å². The molecule has 2 aliphatic heterocycles. The van der Waals surface area contributed by atoms with Crippen LogP contribution in [0.15, 0.2) is 0 Å². The molecule has 4 nitrogen and oxygen atoms in total. The van der Waals surface area contributed by atoms with Crippen molar-refractivity contribution in [2.45, 2.75) is 58.1 Å². The summed E-state index contributed by atoms with van der Waals surface area (Å²) in [4.78, 5) is 16.8. The number of nitrogens with zero attached hydrogens (tertiary/aromatic N) is 2. The van der Waals surface area contributed by atoms with Gasteiger partial charge in [0.2, 0.25) is 0 Å². The Balaban J connectivity index is 1.48. The molecule has 2 saturated heterocycles. The standard InChI is InChI=1S/C19H30N2O2/c1-5-14-6-8-17(9-7-14)20-10-15-12-21(13-16(15)11-20)18(22)23-19(2,3)4/h1,14-17H,6-13H2,2-4H3. The van der Waals surface area contributed by atoms with Gasteiger partial charge in [-0.15, -0.1) is 12.3 Å². The van der Waals surface area contributed by atoms with Gasteiger partial charge in [0, 0.05) is 38.1 Å². The summed E-state index contributed by atoms with van der Waals surface area (Å²) in [7, 11) is 0. The summed E-state index contributed by atoms with van der Waals surface area (Å²) in [6.45, 7) is 9.76. The predicted octanol–water partition coefficient (Wildman–Crippen LogP) is 2.98. The number of likely N-dealkylation sites (tertiary alicyclic amines) is 2. The maximum absolute atomic E-state index is 12.2. The smallest absolute Gasteiger partial charge is 0.410 e. The highest BCUT2D eigenvalue weighted by atomic mass is 16.6. The number of carbonyl (C=O) groups is 1. The molecule has 128 valence electrons. The Morgan fingerprint density at radius 2 is 1.61 bits per heavy atom. The van der Waals surface area contributed by atoms with Crippen LogP contribution in [0.5, 0.6) is 0 Å². The molecule has 0 aromatic rings. The number of rotatable bonds is 1. The lowest BCUT2D eigenvalue weighted by Crippen LogP contribution is -2.40. The Kier molecular flexibility index (Phi) is 4.60. The minimum Gasteiger partial charge on any atom is -0.444 e. The molecule has 2 atom stereocenters. The van der Waals surface area contributed by atoms with E-state index in [1.165, 1.54) is 25.7 Å². The van der Waals surface area contributed by atoms with Crippen LogP contribution in [0.2, 0.25) is 0 Å². The van der Waals surface area contributed by atoms with Gasteiger partial charge in [0.15, 0.2) is 0 Å².